The van der Waals surface area contributed by atoms with E-state index in [9.17, 15) is 24.0 Å². The first-order valence-electron chi connectivity index (χ1n) is 8.32. The molecule has 0 amide bonds. The highest BCUT2D eigenvalue weighted by molar-refractivity contribution is 5.91. The van der Waals surface area contributed by atoms with E-state index in [1.165, 1.54) is 26.0 Å². The van der Waals surface area contributed by atoms with Crippen LogP contribution >= 0.6 is 0 Å². The van der Waals surface area contributed by atoms with Gasteiger partial charge in [-0.25, -0.2) is 4.79 Å². The molecule has 0 aliphatic heterocycles. The van der Waals surface area contributed by atoms with E-state index in [1.807, 2.05) is 0 Å². The highest BCUT2D eigenvalue weighted by atomic mass is 16.7. The molecule has 0 N–H and O–H groups in total. The highest BCUT2D eigenvalue weighted by Gasteiger charge is 2.31. The van der Waals surface area contributed by atoms with Gasteiger partial charge in [-0.3, -0.25) is 19.2 Å². The third-order valence-electron chi connectivity index (χ3n) is 3.54. The minimum absolute atomic E-state index is 0.0295. The molecular weight excluding hydrogens is 388 g/mol. The van der Waals surface area contributed by atoms with Crippen molar-refractivity contribution >= 4 is 34.8 Å². The summed E-state index contributed by atoms with van der Waals surface area (Å²) in [5.41, 5.74) is -1.31. The van der Waals surface area contributed by atoms with Crippen LogP contribution in [0.5, 0.6) is 11.5 Å². The number of benzene rings is 1. The van der Waals surface area contributed by atoms with Gasteiger partial charge in [0.25, 0.3) is 6.29 Å². The molecule has 2 rings (SSSR count). The monoisotopic (exact) mass is 406 g/mol. The number of fused-ring (bicyclic) bond motifs is 1. The number of hydrogen-bond acceptors (Lipinski definition) is 10. The van der Waals surface area contributed by atoms with Crippen molar-refractivity contribution in [3.05, 3.63) is 33.7 Å². The molecule has 0 bridgehead atoms. The SMILES string of the molecule is CC(=O)Oc1ccc2c(OC(C)=O)c(C(OC(C)=O)OC(C)=O)c(=O)oc2c1C. The molecule has 2 aromatic rings. The second kappa shape index (κ2) is 8.55. The molecule has 0 aliphatic carbocycles. The molecule has 0 saturated heterocycles. The van der Waals surface area contributed by atoms with Crippen molar-refractivity contribution in [3.8, 4) is 11.5 Å². The van der Waals surface area contributed by atoms with Crippen molar-refractivity contribution in [3.63, 3.8) is 0 Å². The Morgan fingerprint density at radius 3 is 1.90 bits per heavy atom. The van der Waals surface area contributed by atoms with Crippen LogP contribution in [0, 0.1) is 6.92 Å². The molecule has 1 heterocycles. The molecular formula is C19H18O10. The van der Waals surface area contributed by atoms with Gasteiger partial charge >= 0.3 is 29.5 Å². The summed E-state index contributed by atoms with van der Waals surface area (Å²) in [5.74, 6) is -3.27. The van der Waals surface area contributed by atoms with Crippen molar-refractivity contribution in [1.82, 2.24) is 0 Å². The van der Waals surface area contributed by atoms with E-state index < -0.39 is 41.4 Å². The average molecular weight is 406 g/mol. The van der Waals surface area contributed by atoms with Crippen LogP contribution in [0.3, 0.4) is 0 Å². The van der Waals surface area contributed by atoms with Gasteiger partial charge in [0.1, 0.15) is 11.3 Å². The Balaban J connectivity index is 2.84. The van der Waals surface area contributed by atoms with Crippen LogP contribution < -0.4 is 15.1 Å². The standard InChI is InChI=1S/C19H18O10/c1-8-14(25-9(2)20)7-6-13-16(8)29-18(24)15(17(13)26-10(3)21)19(27-11(4)22)28-12(5)23/h6-7,19H,1-5H3. The Hall–Kier alpha value is -3.69. The predicted molar refractivity (Wildman–Crippen MR) is 96.1 cm³/mol. The van der Waals surface area contributed by atoms with Crippen LogP contribution in [0.4, 0.5) is 0 Å². The molecule has 0 spiro atoms. The molecule has 0 unspecified atom stereocenters. The lowest BCUT2D eigenvalue weighted by molar-refractivity contribution is -0.187. The van der Waals surface area contributed by atoms with Gasteiger partial charge in [-0.15, -0.1) is 0 Å². The van der Waals surface area contributed by atoms with Gasteiger partial charge in [-0.2, -0.15) is 0 Å². The van der Waals surface area contributed by atoms with E-state index >= 15 is 0 Å². The van der Waals surface area contributed by atoms with Crippen molar-refractivity contribution in [2.45, 2.75) is 40.9 Å². The number of aryl methyl sites for hydroxylation is 1. The van der Waals surface area contributed by atoms with Crippen LogP contribution in [0.1, 0.15) is 45.1 Å². The smallest absolute Gasteiger partial charge is 0.350 e. The summed E-state index contributed by atoms with van der Waals surface area (Å²) in [6.07, 6.45) is -1.80. The minimum atomic E-state index is -1.80. The zero-order chi connectivity index (χ0) is 21.9. The molecule has 0 fully saturated rings. The first-order chi connectivity index (χ1) is 13.5. The van der Waals surface area contributed by atoms with E-state index in [0.717, 1.165) is 20.8 Å². The minimum Gasteiger partial charge on any atom is -0.426 e. The fraction of sp³-hybridized carbons (Fsp3) is 0.316. The Labute approximate surface area is 164 Å². The van der Waals surface area contributed by atoms with E-state index in [-0.39, 0.29) is 28.0 Å². The quantitative estimate of drug-likeness (QED) is 0.314. The van der Waals surface area contributed by atoms with Crippen molar-refractivity contribution in [1.29, 1.82) is 0 Å². The lowest BCUT2D eigenvalue weighted by Gasteiger charge is -2.19. The van der Waals surface area contributed by atoms with E-state index in [1.54, 1.807) is 0 Å². The largest absolute Gasteiger partial charge is 0.426 e. The summed E-state index contributed by atoms with van der Waals surface area (Å²) in [6.45, 7) is 5.91. The summed E-state index contributed by atoms with van der Waals surface area (Å²) in [7, 11) is 0. The second-order valence-corrected chi connectivity index (χ2v) is 5.94. The van der Waals surface area contributed by atoms with Gasteiger partial charge in [0.2, 0.25) is 0 Å². The van der Waals surface area contributed by atoms with Crippen LogP contribution in [-0.2, 0) is 28.7 Å². The van der Waals surface area contributed by atoms with Crippen molar-refractivity contribution < 1.29 is 42.5 Å². The molecule has 0 aliphatic rings. The molecule has 10 heteroatoms. The third-order valence-corrected chi connectivity index (χ3v) is 3.54. The maximum absolute atomic E-state index is 12.7. The average Bonchev–Trinajstić information content (AvgIpc) is 2.55. The van der Waals surface area contributed by atoms with Crippen LogP contribution in [0.15, 0.2) is 21.3 Å². The van der Waals surface area contributed by atoms with E-state index in [4.69, 9.17) is 23.4 Å². The molecule has 1 aromatic carbocycles. The Bertz CT molecular complexity index is 1050. The maximum atomic E-state index is 12.7. The van der Waals surface area contributed by atoms with Crippen LogP contribution in [0.2, 0.25) is 0 Å². The lowest BCUT2D eigenvalue weighted by atomic mass is 10.1. The first-order valence-corrected chi connectivity index (χ1v) is 8.32. The Kier molecular flexibility index (Phi) is 6.37. The predicted octanol–water partition coefficient (Wildman–Crippen LogP) is 2.08. The van der Waals surface area contributed by atoms with E-state index in [0.29, 0.717) is 0 Å². The third kappa shape index (κ3) is 4.98. The maximum Gasteiger partial charge on any atom is 0.350 e. The number of carbonyl (C=O) groups excluding carboxylic acids is 4. The molecule has 0 saturated carbocycles. The lowest BCUT2D eigenvalue weighted by Crippen LogP contribution is -2.23. The molecule has 154 valence electrons. The Morgan fingerprint density at radius 2 is 1.41 bits per heavy atom. The van der Waals surface area contributed by atoms with Gasteiger partial charge in [0.05, 0.1) is 5.39 Å². The number of esters is 4. The summed E-state index contributed by atoms with van der Waals surface area (Å²) in [4.78, 5) is 58.4. The number of ether oxygens (including phenoxy) is 4. The summed E-state index contributed by atoms with van der Waals surface area (Å²) < 4.78 is 25.3. The summed E-state index contributed by atoms with van der Waals surface area (Å²) in [6, 6.07) is 2.78. The fourth-order valence-corrected chi connectivity index (χ4v) is 2.54. The number of carbonyl (C=O) groups is 4. The normalized spacial score (nSPS) is 10.6. The molecule has 0 atom stereocenters. The molecule has 1 aromatic heterocycles. The molecule has 10 nitrogen and oxygen atoms in total. The number of hydrogen-bond donors (Lipinski definition) is 0. The number of rotatable bonds is 5. The second-order valence-electron chi connectivity index (χ2n) is 5.94. The zero-order valence-corrected chi connectivity index (χ0v) is 16.3. The van der Waals surface area contributed by atoms with Crippen molar-refractivity contribution in [2.24, 2.45) is 0 Å². The van der Waals surface area contributed by atoms with Gasteiger partial charge < -0.3 is 23.4 Å². The Morgan fingerprint density at radius 1 is 0.862 bits per heavy atom. The first kappa shape index (κ1) is 21.6. The fourth-order valence-electron chi connectivity index (χ4n) is 2.54. The van der Waals surface area contributed by atoms with Gasteiger partial charge in [-0.05, 0) is 19.1 Å². The van der Waals surface area contributed by atoms with Gasteiger partial charge in [0.15, 0.2) is 11.3 Å². The van der Waals surface area contributed by atoms with Gasteiger partial charge in [-0.1, -0.05) is 0 Å². The molecule has 0 radical (unpaired) electrons. The van der Waals surface area contributed by atoms with E-state index in [2.05, 4.69) is 0 Å². The zero-order valence-electron chi connectivity index (χ0n) is 16.3. The highest BCUT2D eigenvalue weighted by Crippen LogP contribution is 2.37. The summed E-state index contributed by atoms with van der Waals surface area (Å²) in [5, 5.41) is 0.132. The topological polar surface area (TPSA) is 135 Å². The summed E-state index contributed by atoms with van der Waals surface area (Å²) >= 11 is 0. The van der Waals surface area contributed by atoms with Gasteiger partial charge in [0, 0.05) is 33.3 Å². The molecule has 29 heavy (non-hydrogen) atoms. The van der Waals surface area contributed by atoms with Crippen molar-refractivity contribution in [2.75, 3.05) is 0 Å². The van der Waals surface area contributed by atoms with Crippen LogP contribution in [-0.4, -0.2) is 23.9 Å². The van der Waals surface area contributed by atoms with Crippen LogP contribution in [0.25, 0.3) is 11.0 Å².